The molecule has 2 aliphatic carbocycles. The maximum absolute atomic E-state index is 12.8. The topological polar surface area (TPSA) is 447 Å². The highest BCUT2D eigenvalue weighted by Crippen LogP contribution is 2.54. The molecule has 4 saturated heterocycles. The first kappa shape index (κ1) is 81.8. The van der Waals surface area contributed by atoms with Crippen molar-refractivity contribution in [1.29, 1.82) is 0 Å². The van der Waals surface area contributed by atoms with Gasteiger partial charge in [0.15, 0.2) is 0 Å². The molecule has 4 aromatic heterocycles. The Morgan fingerprint density at radius 2 is 0.518 bits per heavy atom. The zero-order valence-corrected chi connectivity index (χ0v) is 76.0. The van der Waals surface area contributed by atoms with Crippen LogP contribution in [0.1, 0.15) is 268 Å². The molecule has 141 heavy (non-hydrogen) atoms. The summed E-state index contributed by atoms with van der Waals surface area (Å²) < 4.78 is 211. The Labute approximate surface area is 858 Å². The van der Waals surface area contributed by atoms with E-state index in [-0.39, 0.29) is 182 Å². The van der Waals surface area contributed by atoms with Crippen LogP contribution in [0.2, 0.25) is 0 Å². The Bertz CT molecular complexity index is 6540. The lowest BCUT2D eigenvalue weighted by molar-refractivity contribution is -0.128. The summed E-state index contributed by atoms with van der Waals surface area (Å²) in [6, 6.07) is 11.3. The number of nitrogens with two attached hydrogens (primary N) is 4. The van der Waals surface area contributed by atoms with Crippen LogP contribution in [0.4, 0.5) is 23.3 Å². The fourth-order valence-electron chi connectivity index (χ4n) is 20.6. The number of ether oxygens (including phenoxy) is 8. The lowest BCUT2D eigenvalue weighted by Crippen LogP contribution is -2.41. The number of carbonyl (C=O) groups is 8. The van der Waals surface area contributed by atoms with E-state index in [2.05, 4.69) is 52.7 Å². The maximum atomic E-state index is 12.8. The second kappa shape index (κ2) is 47.3. The van der Waals surface area contributed by atoms with Gasteiger partial charge in [0.2, 0.25) is 23.6 Å². The standard InChI is InChI=1S/2C26H33N5O4.2C24H31N5O4.5CH4/c2*1-4-21(32)30-11-8-15(9-12-30)18-7-10-28-26-23(25(27)33)24(29-31(18)26)17-13-19(34-2)22(16-5-6-16)20(14-17)35-3;2*1-5-20(30)28-10-7-15(8-11-28)17-6-9-26-24-21(23(25)31)22(27-29(17)24)16-12-18(32-3)14(2)19(13-16)33-4;;;;;/h2*4,13-16,18,28H,1,5-12H2,2-3H3,(H2,27,33);2*5,12-13,15,17,26H,1,6-11H2,2-4H3,(H2,25,31);5*1H4/i2*2D3;2D3,3D3,4D3;2D3,3D3;;;;;. The number of carbonyl (C=O) groups excluding carboxylic acids is 8. The number of nitrogens with one attached hydrogen (secondary N) is 4. The van der Waals surface area contributed by atoms with Gasteiger partial charge >= 0.3 is 0 Å². The Morgan fingerprint density at radius 3 is 0.702 bits per heavy atom. The van der Waals surface area contributed by atoms with Gasteiger partial charge in [0, 0.05) is 131 Å². The average Bonchev–Trinajstić information content (AvgIpc) is 1.58. The van der Waals surface area contributed by atoms with E-state index in [0.29, 0.717) is 166 Å². The van der Waals surface area contributed by atoms with Gasteiger partial charge in [-0.1, -0.05) is 63.4 Å². The number of nitrogens with zero attached hydrogens (tertiary/aromatic N) is 12. The van der Waals surface area contributed by atoms with Crippen LogP contribution < -0.4 is 82.1 Å². The first-order chi connectivity index (χ1) is 73.9. The Hall–Kier alpha value is -14.0. The Kier molecular flexibility index (Phi) is 27.5. The maximum Gasteiger partial charge on any atom is 0.254 e. The molecular formula is C105H148N20O16. The first-order valence-electron chi connectivity index (χ1n) is 56.0. The highest BCUT2D eigenvalue weighted by Gasteiger charge is 2.44. The van der Waals surface area contributed by atoms with Gasteiger partial charge in [-0.3, -0.25) is 38.4 Å². The number of aromatic nitrogens is 8. The van der Waals surface area contributed by atoms with E-state index in [1.165, 1.54) is 57.8 Å². The SMILES string of the molecule is C.C.C.C.C.[2H]C([2H])([2H])Oc1cc(-c2nn3c(c2C(N)=O)NCCC3C2CCN(C(=O)C=C)CC2)cc(OC([2H])([2H])[2H])c1C([2H])([2H])[2H].[2H]C([2H])([2H])Oc1cc(-c2nn3c(c2C(N)=O)NCCC3C2CCN(C(=O)C=C)CC2)cc(OC)c1C([2H])([2H])[2H].[2H]C([2H])([2H])Oc1cc(-c2nn3c(c2C(N)=O)NCCC3C2CCN(C(=O)C=C)CC2)cc(OC)c1C1CC1.[2H]C([2H])([2H])Oc1cc(-c2nn3c(c2C(N)=O)NCCC3C2CCN(C(=O)C=C)CC2)cc(OC)c1C1CC1. The van der Waals surface area contributed by atoms with E-state index in [1.54, 1.807) is 53.2 Å². The van der Waals surface area contributed by atoms with E-state index >= 15 is 0 Å². The van der Waals surface area contributed by atoms with Crippen molar-refractivity contribution in [2.75, 3.05) is 156 Å². The lowest BCUT2D eigenvalue weighted by Gasteiger charge is -2.38. The van der Waals surface area contributed by atoms with Crippen LogP contribution in [0, 0.1) is 37.4 Å². The predicted molar refractivity (Wildman–Crippen MR) is 551 cm³/mol. The number of hydrogen-bond acceptors (Lipinski definition) is 24. The van der Waals surface area contributed by atoms with Crippen molar-refractivity contribution < 1.29 is 105 Å². The van der Waals surface area contributed by atoms with Crippen molar-refractivity contribution in [2.24, 2.45) is 46.6 Å². The van der Waals surface area contributed by atoms with E-state index in [4.69, 9.17) is 105 Å². The number of piperidine rings is 4. The van der Waals surface area contributed by atoms with Gasteiger partial charge in [0.1, 0.15) is 114 Å². The van der Waals surface area contributed by atoms with Crippen molar-refractivity contribution in [3.05, 3.63) is 144 Å². The predicted octanol–water partition coefficient (Wildman–Crippen LogP) is 15.3. The molecule has 12 heterocycles. The van der Waals surface area contributed by atoms with Gasteiger partial charge in [-0.2, -0.15) is 20.4 Å². The van der Waals surface area contributed by atoms with Crippen molar-refractivity contribution >= 4 is 70.5 Å². The van der Waals surface area contributed by atoms with Crippen LogP contribution in [0.15, 0.2) is 99.2 Å². The third-order valence-corrected chi connectivity index (χ3v) is 27.7. The highest BCUT2D eigenvalue weighted by molar-refractivity contribution is 6.07. The molecule has 4 aromatic carbocycles. The van der Waals surface area contributed by atoms with Crippen molar-refractivity contribution in [1.82, 2.24) is 58.7 Å². The number of hydrogen-bond donors (Lipinski definition) is 8. The number of benzene rings is 4. The fraction of sp³-hybridized carbons (Fsp3) is 0.505. The van der Waals surface area contributed by atoms with Gasteiger partial charge in [0.05, 0.1) is 101 Å². The van der Waals surface area contributed by atoms with Gasteiger partial charge in [0.25, 0.3) is 23.6 Å². The second-order valence-electron chi connectivity index (χ2n) is 35.3. The van der Waals surface area contributed by atoms with Gasteiger partial charge in [-0.05, 0) is 225 Å². The number of likely N-dealkylation sites (tertiary alicyclic amines) is 4. The molecule has 36 nitrogen and oxygen atoms in total. The zero-order chi connectivity index (χ0) is 114. The van der Waals surface area contributed by atoms with Crippen LogP contribution >= 0.6 is 0 Å². The minimum atomic E-state index is -3.11. The first-order valence-corrected chi connectivity index (χ1v) is 45.5. The molecule has 8 aromatic rings. The summed E-state index contributed by atoms with van der Waals surface area (Å²) in [5.41, 5.74) is 26.0. The summed E-state index contributed by atoms with van der Waals surface area (Å²) in [5.74, 6) is -0.885. The zero-order valence-electron chi connectivity index (χ0n) is 97.0. The van der Waals surface area contributed by atoms with Crippen molar-refractivity contribution in [3.63, 3.8) is 0 Å². The highest BCUT2D eigenvalue weighted by atomic mass is 16.5. The van der Waals surface area contributed by atoms with Crippen LogP contribution in [0.5, 0.6) is 46.0 Å². The quantitative estimate of drug-likeness (QED) is 0.0233. The molecule has 10 aliphatic rings. The molecule has 2 saturated carbocycles. The Balaban J connectivity index is 0.000000217. The summed E-state index contributed by atoms with van der Waals surface area (Å²) in [4.78, 5) is 106. The summed E-state index contributed by atoms with van der Waals surface area (Å²) in [5, 5.41) is 32.1. The van der Waals surface area contributed by atoms with Crippen molar-refractivity contribution in [3.8, 4) is 91.0 Å². The molecule has 0 spiro atoms. The molecule has 4 unspecified atom stereocenters. The van der Waals surface area contributed by atoms with E-state index in [0.717, 1.165) is 95.6 Å². The summed E-state index contributed by atoms with van der Waals surface area (Å²) in [6.45, 7) is 15.6. The molecule has 0 radical (unpaired) electrons. The van der Waals surface area contributed by atoms with Gasteiger partial charge < -0.3 is 102 Å². The number of rotatable bonds is 26. The van der Waals surface area contributed by atoms with Crippen LogP contribution in [-0.4, -0.2) is 241 Å². The molecule has 764 valence electrons. The molecule has 18 rings (SSSR count). The van der Waals surface area contributed by atoms with Gasteiger partial charge in [-0.15, -0.1) is 0 Å². The molecule has 6 fully saturated rings. The molecule has 36 heteroatoms. The second-order valence-corrected chi connectivity index (χ2v) is 35.3. The minimum Gasteiger partial charge on any atom is -0.496 e. The third-order valence-electron chi connectivity index (χ3n) is 27.7. The molecular weight excluding hydrogens is 1800 g/mol. The number of anilines is 4. The monoisotopic (exact) mass is 1970 g/mol. The van der Waals surface area contributed by atoms with Gasteiger partial charge in [-0.25, -0.2) is 18.7 Å². The lowest BCUT2D eigenvalue weighted by atomic mass is 9.87. The molecule has 12 N–H and O–H groups in total. The summed E-state index contributed by atoms with van der Waals surface area (Å²) in [7, 11) is -10.2. The Morgan fingerprint density at radius 1 is 0.319 bits per heavy atom. The van der Waals surface area contributed by atoms with Crippen LogP contribution in [-0.2, 0) is 19.2 Å². The molecule has 8 amide bonds. The minimum absolute atomic E-state index is 0. The third kappa shape index (κ3) is 22.1. The summed E-state index contributed by atoms with van der Waals surface area (Å²) in [6.07, 6.45) is 18.0. The van der Waals surface area contributed by atoms with E-state index in [1.807, 2.05) is 9.36 Å². The number of primary amides is 4. The number of methoxy groups -OCH3 is 8. The number of amides is 8. The molecule has 4 atom stereocenters. The van der Waals surface area contributed by atoms with E-state index < -0.39 is 101 Å². The summed E-state index contributed by atoms with van der Waals surface area (Å²) >= 11 is 0. The van der Waals surface area contributed by atoms with Crippen LogP contribution in [0.25, 0.3) is 45.0 Å². The smallest absolute Gasteiger partial charge is 0.254 e. The fourth-order valence-corrected chi connectivity index (χ4v) is 20.6. The number of fused-ring (bicyclic) bond motifs is 4. The van der Waals surface area contributed by atoms with Crippen molar-refractivity contribution in [2.45, 2.75) is 190 Å². The largest absolute Gasteiger partial charge is 0.496 e. The van der Waals surface area contributed by atoms with E-state index in [9.17, 15) is 38.4 Å². The van der Waals surface area contributed by atoms with Crippen LogP contribution in [0.3, 0.4) is 0 Å². The normalized spacial score (nSPS) is 21.3. The molecule has 0 bridgehead atoms. The molecule has 8 aliphatic heterocycles. The average molecular weight is 1970 g/mol.